The number of carbonyl (C=O) groups is 2. The van der Waals surface area contributed by atoms with Crippen molar-refractivity contribution in [3.8, 4) is 0 Å². The number of hydrogen-bond acceptors (Lipinski definition) is 2. The zero-order valence-corrected chi connectivity index (χ0v) is 14.6. The first kappa shape index (κ1) is 18.4. The first-order valence-electron chi connectivity index (χ1n) is 8.76. The van der Waals surface area contributed by atoms with Crippen molar-refractivity contribution in [3.63, 3.8) is 0 Å². The lowest BCUT2D eigenvalue weighted by Crippen LogP contribution is -2.43. The standard InChI is InChI=1S/C19H27FN2O2/c1-14(2)5-10-18(23)21-13-19(24)22-11-3-4-17(22)12-15-6-8-16(20)9-7-15/h6-9,14,17H,3-5,10-13H2,1-2H3,(H,21,23). The van der Waals surface area contributed by atoms with Crippen LogP contribution in [0.2, 0.25) is 0 Å². The molecule has 1 aliphatic heterocycles. The molecule has 1 aliphatic rings. The molecule has 1 aromatic carbocycles. The molecular weight excluding hydrogens is 307 g/mol. The fourth-order valence-corrected chi connectivity index (χ4v) is 3.05. The molecule has 0 radical (unpaired) electrons. The summed E-state index contributed by atoms with van der Waals surface area (Å²) in [4.78, 5) is 26.0. The first-order chi connectivity index (χ1) is 11.5. The fourth-order valence-electron chi connectivity index (χ4n) is 3.05. The second-order valence-electron chi connectivity index (χ2n) is 6.92. The van der Waals surface area contributed by atoms with Gasteiger partial charge in [-0.3, -0.25) is 9.59 Å². The number of amides is 2. The molecule has 0 bridgehead atoms. The van der Waals surface area contributed by atoms with Gasteiger partial charge in [0.15, 0.2) is 0 Å². The minimum atomic E-state index is -0.248. The van der Waals surface area contributed by atoms with Crippen molar-refractivity contribution in [2.75, 3.05) is 13.1 Å². The van der Waals surface area contributed by atoms with Crippen molar-refractivity contribution in [3.05, 3.63) is 35.6 Å². The Morgan fingerprint density at radius 3 is 2.67 bits per heavy atom. The van der Waals surface area contributed by atoms with Gasteiger partial charge in [0.05, 0.1) is 6.54 Å². The Morgan fingerprint density at radius 2 is 2.00 bits per heavy atom. The summed E-state index contributed by atoms with van der Waals surface area (Å²) in [5, 5.41) is 2.73. The lowest BCUT2D eigenvalue weighted by atomic mass is 10.0. The number of halogens is 1. The average molecular weight is 334 g/mol. The number of hydrogen-bond donors (Lipinski definition) is 1. The number of carbonyl (C=O) groups excluding carboxylic acids is 2. The molecule has 0 aliphatic carbocycles. The lowest BCUT2D eigenvalue weighted by molar-refractivity contribution is -0.133. The minimum absolute atomic E-state index is 0.0301. The van der Waals surface area contributed by atoms with E-state index in [1.165, 1.54) is 12.1 Å². The molecule has 0 aromatic heterocycles. The van der Waals surface area contributed by atoms with Gasteiger partial charge in [0.1, 0.15) is 5.82 Å². The van der Waals surface area contributed by atoms with Crippen molar-refractivity contribution in [2.45, 2.75) is 52.0 Å². The van der Waals surface area contributed by atoms with E-state index in [4.69, 9.17) is 0 Å². The molecule has 1 saturated heterocycles. The minimum Gasteiger partial charge on any atom is -0.347 e. The van der Waals surface area contributed by atoms with E-state index in [9.17, 15) is 14.0 Å². The van der Waals surface area contributed by atoms with Crippen LogP contribution in [0.4, 0.5) is 4.39 Å². The zero-order chi connectivity index (χ0) is 17.5. The topological polar surface area (TPSA) is 49.4 Å². The van der Waals surface area contributed by atoms with Crippen LogP contribution in [-0.2, 0) is 16.0 Å². The number of likely N-dealkylation sites (tertiary alicyclic amines) is 1. The Morgan fingerprint density at radius 1 is 1.29 bits per heavy atom. The van der Waals surface area contributed by atoms with E-state index in [1.54, 1.807) is 12.1 Å². The highest BCUT2D eigenvalue weighted by Gasteiger charge is 2.28. The molecule has 1 heterocycles. The molecule has 2 rings (SSSR count). The molecule has 24 heavy (non-hydrogen) atoms. The maximum atomic E-state index is 13.0. The molecule has 1 aromatic rings. The number of nitrogens with zero attached hydrogens (tertiary/aromatic N) is 1. The summed E-state index contributed by atoms with van der Waals surface area (Å²) in [5.74, 6) is 0.135. The molecule has 1 fully saturated rings. The maximum Gasteiger partial charge on any atom is 0.242 e. The van der Waals surface area contributed by atoms with E-state index in [0.29, 0.717) is 12.3 Å². The van der Waals surface area contributed by atoms with Gasteiger partial charge < -0.3 is 10.2 Å². The van der Waals surface area contributed by atoms with Crippen LogP contribution < -0.4 is 5.32 Å². The Kier molecular flexibility index (Phi) is 6.76. The second kappa shape index (κ2) is 8.81. The van der Waals surface area contributed by atoms with Gasteiger partial charge in [-0.25, -0.2) is 4.39 Å². The van der Waals surface area contributed by atoms with E-state index < -0.39 is 0 Å². The highest BCUT2D eigenvalue weighted by atomic mass is 19.1. The van der Waals surface area contributed by atoms with Crippen molar-refractivity contribution >= 4 is 11.8 Å². The van der Waals surface area contributed by atoms with Crippen LogP contribution in [0.5, 0.6) is 0 Å². The molecule has 132 valence electrons. The van der Waals surface area contributed by atoms with Gasteiger partial charge in [-0.15, -0.1) is 0 Å². The van der Waals surface area contributed by atoms with Crippen LogP contribution in [0.3, 0.4) is 0 Å². The molecule has 0 spiro atoms. The SMILES string of the molecule is CC(C)CCC(=O)NCC(=O)N1CCCC1Cc1ccc(F)cc1. The summed E-state index contributed by atoms with van der Waals surface area (Å²) < 4.78 is 13.0. The van der Waals surface area contributed by atoms with Gasteiger partial charge in [-0.2, -0.15) is 0 Å². The smallest absolute Gasteiger partial charge is 0.242 e. The predicted molar refractivity (Wildman–Crippen MR) is 91.9 cm³/mol. The van der Waals surface area contributed by atoms with Gasteiger partial charge >= 0.3 is 0 Å². The van der Waals surface area contributed by atoms with E-state index in [1.807, 2.05) is 4.90 Å². The van der Waals surface area contributed by atoms with E-state index in [-0.39, 0.29) is 30.2 Å². The van der Waals surface area contributed by atoms with Crippen LogP contribution in [0.15, 0.2) is 24.3 Å². The predicted octanol–water partition coefficient (Wildman–Crippen LogP) is 2.91. The number of rotatable bonds is 7. The van der Waals surface area contributed by atoms with Gasteiger partial charge in [0, 0.05) is 19.0 Å². The van der Waals surface area contributed by atoms with E-state index >= 15 is 0 Å². The molecule has 1 unspecified atom stereocenters. The van der Waals surface area contributed by atoms with Crippen LogP contribution in [0, 0.1) is 11.7 Å². The molecule has 4 nitrogen and oxygen atoms in total. The average Bonchev–Trinajstić information content (AvgIpc) is 3.01. The highest BCUT2D eigenvalue weighted by molar-refractivity contribution is 5.85. The third-order valence-electron chi connectivity index (χ3n) is 4.47. The summed E-state index contributed by atoms with van der Waals surface area (Å²) in [6.45, 7) is 4.94. The Balaban J connectivity index is 1.82. The monoisotopic (exact) mass is 334 g/mol. The van der Waals surface area contributed by atoms with E-state index in [0.717, 1.165) is 37.8 Å². The van der Waals surface area contributed by atoms with Gasteiger partial charge in [-0.1, -0.05) is 26.0 Å². The summed E-state index contributed by atoms with van der Waals surface area (Å²) in [7, 11) is 0. The number of nitrogens with one attached hydrogen (secondary N) is 1. The van der Waals surface area contributed by atoms with Crippen molar-refractivity contribution in [1.29, 1.82) is 0 Å². The normalized spacial score (nSPS) is 17.3. The first-order valence-corrected chi connectivity index (χ1v) is 8.76. The largest absolute Gasteiger partial charge is 0.347 e. The fraction of sp³-hybridized carbons (Fsp3) is 0.579. The Labute approximate surface area is 143 Å². The van der Waals surface area contributed by atoms with Gasteiger partial charge in [0.25, 0.3) is 0 Å². The van der Waals surface area contributed by atoms with Crippen molar-refractivity contribution < 1.29 is 14.0 Å². The summed E-state index contributed by atoms with van der Waals surface area (Å²) in [6.07, 6.45) is 3.94. The van der Waals surface area contributed by atoms with Gasteiger partial charge in [0.2, 0.25) is 11.8 Å². The molecule has 1 atom stereocenters. The molecule has 5 heteroatoms. The van der Waals surface area contributed by atoms with Crippen molar-refractivity contribution in [1.82, 2.24) is 10.2 Å². The second-order valence-corrected chi connectivity index (χ2v) is 6.92. The lowest BCUT2D eigenvalue weighted by Gasteiger charge is -2.25. The zero-order valence-electron chi connectivity index (χ0n) is 14.6. The van der Waals surface area contributed by atoms with Crippen LogP contribution >= 0.6 is 0 Å². The van der Waals surface area contributed by atoms with Gasteiger partial charge in [-0.05, 0) is 49.3 Å². The summed E-state index contributed by atoms with van der Waals surface area (Å²) in [6, 6.07) is 6.57. The Bertz CT molecular complexity index is 557. The molecule has 0 saturated carbocycles. The van der Waals surface area contributed by atoms with Crippen LogP contribution in [0.1, 0.15) is 45.1 Å². The van der Waals surface area contributed by atoms with Crippen LogP contribution in [0.25, 0.3) is 0 Å². The Hall–Kier alpha value is -1.91. The summed E-state index contributed by atoms with van der Waals surface area (Å²) in [5.41, 5.74) is 1.03. The third-order valence-corrected chi connectivity index (χ3v) is 4.47. The molecule has 2 amide bonds. The highest BCUT2D eigenvalue weighted by Crippen LogP contribution is 2.21. The van der Waals surface area contributed by atoms with Crippen molar-refractivity contribution in [2.24, 2.45) is 5.92 Å². The maximum absolute atomic E-state index is 13.0. The number of benzene rings is 1. The summed E-state index contributed by atoms with van der Waals surface area (Å²) >= 11 is 0. The van der Waals surface area contributed by atoms with Crippen LogP contribution in [-0.4, -0.2) is 35.8 Å². The molecule has 1 N–H and O–H groups in total. The third kappa shape index (κ3) is 5.62. The quantitative estimate of drug-likeness (QED) is 0.833. The molecular formula is C19H27FN2O2. The van der Waals surface area contributed by atoms with E-state index in [2.05, 4.69) is 19.2 Å².